The normalized spacial score (nSPS) is 20.8. The molecule has 15 heteroatoms. The number of hydrogen-bond donors (Lipinski definition) is 3. The fraction of sp³-hybridized carbons (Fsp3) is 0.452. The van der Waals surface area contributed by atoms with Crippen LogP contribution in [-0.2, 0) is 9.53 Å². The number of nitrogens with one attached hydrogen (secondary N) is 1. The van der Waals surface area contributed by atoms with Crippen molar-refractivity contribution in [1.29, 1.82) is 5.26 Å². The first kappa shape index (κ1) is 31.5. The molecule has 3 aromatic rings. The van der Waals surface area contributed by atoms with Gasteiger partial charge in [-0.05, 0) is 42.5 Å². The van der Waals surface area contributed by atoms with Crippen LogP contribution in [0.4, 0.5) is 26.1 Å². The van der Waals surface area contributed by atoms with E-state index in [0.717, 1.165) is 55.7 Å². The number of amides is 1. The summed E-state index contributed by atoms with van der Waals surface area (Å²) >= 11 is 0. The summed E-state index contributed by atoms with van der Waals surface area (Å²) in [6.07, 6.45) is -2.26. The summed E-state index contributed by atoms with van der Waals surface area (Å²) in [6, 6.07) is 15.0. The Morgan fingerprint density at radius 3 is 2.54 bits per heavy atom. The molecule has 2 atom stereocenters. The molecule has 2 aromatic carbocycles. The van der Waals surface area contributed by atoms with E-state index in [1.54, 1.807) is 6.07 Å². The molecule has 242 valence electrons. The number of nitriles is 1. The lowest BCUT2D eigenvalue weighted by Crippen LogP contribution is -2.57. The standard InChI is InChI=1S/C31H34F2N8O5/c32-31(33)18-41(29(44)25(43)15-42)8-7-27(31)46-26-6-1-20(13-21(26)14-34)28-35-19-36-30(38-28)37-22-2-4-23(5-3-22)39-9-11-40(12-10-39)24-16-45-17-24/h1-6,13,19,24-25,27,42-43H,7-12,15-18H2,(H,35,36,37,38). The fourth-order valence-electron chi connectivity index (χ4n) is 5.71. The molecule has 3 saturated heterocycles. The van der Waals surface area contributed by atoms with Gasteiger partial charge in [-0.25, -0.2) is 18.7 Å². The van der Waals surface area contributed by atoms with Crippen molar-refractivity contribution in [3.05, 3.63) is 54.4 Å². The van der Waals surface area contributed by atoms with Crippen molar-refractivity contribution in [2.75, 3.05) is 69.3 Å². The Kier molecular flexibility index (Phi) is 9.22. The van der Waals surface area contributed by atoms with E-state index in [1.807, 2.05) is 30.3 Å². The van der Waals surface area contributed by atoms with Gasteiger partial charge in [-0.2, -0.15) is 10.2 Å². The highest BCUT2D eigenvalue weighted by molar-refractivity contribution is 5.81. The number of aliphatic hydroxyl groups is 2. The minimum Gasteiger partial charge on any atom is -0.483 e. The van der Waals surface area contributed by atoms with Gasteiger partial charge >= 0.3 is 5.92 Å². The van der Waals surface area contributed by atoms with E-state index in [4.69, 9.17) is 14.6 Å². The summed E-state index contributed by atoms with van der Waals surface area (Å²) in [7, 11) is 0. The Balaban J connectivity index is 1.08. The van der Waals surface area contributed by atoms with Gasteiger partial charge in [0.05, 0.1) is 38.0 Å². The summed E-state index contributed by atoms with van der Waals surface area (Å²) in [5.74, 6) is -3.92. The number of nitrogens with zero attached hydrogens (tertiary/aromatic N) is 7. The summed E-state index contributed by atoms with van der Waals surface area (Å²) in [5.41, 5.74) is 2.39. The molecule has 3 aliphatic heterocycles. The molecule has 4 heterocycles. The van der Waals surface area contributed by atoms with E-state index >= 15 is 0 Å². The molecule has 46 heavy (non-hydrogen) atoms. The predicted molar refractivity (Wildman–Crippen MR) is 162 cm³/mol. The Hall–Kier alpha value is -4.49. The number of piperazine rings is 1. The summed E-state index contributed by atoms with van der Waals surface area (Å²) < 4.78 is 40.7. The number of likely N-dealkylation sites (tertiary alicyclic amines) is 1. The third-order valence-corrected chi connectivity index (χ3v) is 8.44. The predicted octanol–water partition coefficient (Wildman–Crippen LogP) is 1.64. The third-order valence-electron chi connectivity index (χ3n) is 8.44. The number of carbonyl (C=O) groups excluding carboxylic acids is 1. The highest BCUT2D eigenvalue weighted by atomic mass is 19.3. The van der Waals surface area contributed by atoms with Crippen LogP contribution in [0.3, 0.4) is 0 Å². The number of piperidine rings is 1. The van der Waals surface area contributed by atoms with Gasteiger partial charge < -0.3 is 34.8 Å². The van der Waals surface area contributed by atoms with Crippen LogP contribution < -0.4 is 15.0 Å². The SMILES string of the molecule is N#Cc1cc(-c2ncnc(Nc3ccc(N4CCN(C5COC5)CC4)cc3)n2)ccc1OC1CCN(C(=O)C(O)CO)CC1(F)F. The van der Waals surface area contributed by atoms with Gasteiger partial charge in [0.2, 0.25) is 5.95 Å². The maximum atomic E-state index is 14.9. The smallest absolute Gasteiger partial charge is 0.301 e. The van der Waals surface area contributed by atoms with E-state index in [-0.39, 0.29) is 30.1 Å². The minimum absolute atomic E-state index is 0.00914. The average Bonchev–Trinajstić information content (AvgIpc) is 3.05. The molecule has 6 rings (SSSR count). The molecule has 1 amide bonds. The monoisotopic (exact) mass is 636 g/mol. The van der Waals surface area contributed by atoms with Crippen LogP contribution >= 0.6 is 0 Å². The molecular weight excluding hydrogens is 602 g/mol. The van der Waals surface area contributed by atoms with Gasteiger partial charge in [-0.15, -0.1) is 0 Å². The number of ether oxygens (including phenoxy) is 2. The molecular formula is C31H34F2N8O5. The number of rotatable bonds is 9. The number of benzene rings is 2. The van der Waals surface area contributed by atoms with Gasteiger partial charge in [0.15, 0.2) is 18.0 Å². The van der Waals surface area contributed by atoms with Gasteiger partial charge in [-0.1, -0.05) is 0 Å². The second-order valence-electron chi connectivity index (χ2n) is 11.5. The van der Waals surface area contributed by atoms with Crippen molar-refractivity contribution < 1.29 is 33.3 Å². The number of hydrogen-bond acceptors (Lipinski definition) is 12. The van der Waals surface area contributed by atoms with E-state index < -0.39 is 37.2 Å². The molecule has 0 bridgehead atoms. The number of halogens is 2. The van der Waals surface area contributed by atoms with Gasteiger partial charge in [-0.3, -0.25) is 9.69 Å². The van der Waals surface area contributed by atoms with Crippen molar-refractivity contribution in [2.45, 2.75) is 30.6 Å². The Bertz CT molecular complexity index is 1580. The van der Waals surface area contributed by atoms with E-state index in [0.29, 0.717) is 17.6 Å². The molecule has 0 saturated carbocycles. The molecule has 0 spiro atoms. The maximum absolute atomic E-state index is 14.9. The molecule has 0 aliphatic carbocycles. The first-order chi connectivity index (χ1) is 22.2. The number of carbonyl (C=O) groups is 1. The summed E-state index contributed by atoms with van der Waals surface area (Å²) in [5, 5.41) is 31.5. The van der Waals surface area contributed by atoms with Crippen LogP contribution in [0.5, 0.6) is 5.75 Å². The van der Waals surface area contributed by atoms with Crippen LogP contribution in [0.2, 0.25) is 0 Å². The van der Waals surface area contributed by atoms with Crippen molar-refractivity contribution in [3.8, 4) is 23.2 Å². The lowest BCUT2D eigenvalue weighted by atomic mass is 10.0. The molecule has 3 N–H and O–H groups in total. The van der Waals surface area contributed by atoms with Crippen LogP contribution in [0.25, 0.3) is 11.4 Å². The van der Waals surface area contributed by atoms with Gasteiger partial charge in [0, 0.05) is 56.1 Å². The highest BCUT2D eigenvalue weighted by Crippen LogP contribution is 2.34. The second kappa shape index (κ2) is 13.5. The average molecular weight is 637 g/mol. The first-order valence-electron chi connectivity index (χ1n) is 15.0. The molecule has 0 radical (unpaired) electrons. The number of aliphatic hydroxyl groups excluding tert-OH is 2. The minimum atomic E-state index is -3.46. The zero-order valence-corrected chi connectivity index (χ0v) is 24.9. The second-order valence-corrected chi connectivity index (χ2v) is 11.5. The van der Waals surface area contributed by atoms with Crippen LogP contribution in [0.15, 0.2) is 48.8 Å². The van der Waals surface area contributed by atoms with E-state index in [2.05, 4.69) is 30.1 Å². The lowest BCUT2D eigenvalue weighted by Gasteiger charge is -2.43. The molecule has 3 aliphatic rings. The van der Waals surface area contributed by atoms with Crippen LogP contribution in [0, 0.1) is 11.3 Å². The number of alkyl halides is 2. The number of aromatic nitrogens is 3. The number of anilines is 3. The molecule has 13 nitrogen and oxygen atoms in total. The zero-order valence-electron chi connectivity index (χ0n) is 24.9. The zero-order chi connectivity index (χ0) is 32.3. The van der Waals surface area contributed by atoms with Crippen molar-refractivity contribution in [1.82, 2.24) is 24.8 Å². The molecule has 1 aromatic heterocycles. The van der Waals surface area contributed by atoms with Gasteiger partial charge in [0.25, 0.3) is 5.91 Å². The highest BCUT2D eigenvalue weighted by Gasteiger charge is 2.48. The molecule has 2 unspecified atom stereocenters. The lowest BCUT2D eigenvalue weighted by molar-refractivity contribution is -0.167. The molecule has 3 fully saturated rings. The Morgan fingerprint density at radius 2 is 1.89 bits per heavy atom. The van der Waals surface area contributed by atoms with Gasteiger partial charge in [0.1, 0.15) is 18.1 Å². The Morgan fingerprint density at radius 1 is 1.13 bits per heavy atom. The van der Waals surface area contributed by atoms with Crippen LogP contribution in [0.1, 0.15) is 12.0 Å². The van der Waals surface area contributed by atoms with Crippen molar-refractivity contribution in [3.63, 3.8) is 0 Å². The Labute approximate surface area is 264 Å². The fourth-order valence-corrected chi connectivity index (χ4v) is 5.71. The summed E-state index contributed by atoms with van der Waals surface area (Å²) in [4.78, 5) is 30.6. The maximum Gasteiger partial charge on any atom is 0.301 e. The van der Waals surface area contributed by atoms with Crippen LogP contribution in [-0.4, -0.2) is 124 Å². The summed E-state index contributed by atoms with van der Waals surface area (Å²) in [6.45, 7) is 3.62. The van der Waals surface area contributed by atoms with Crippen molar-refractivity contribution in [2.24, 2.45) is 0 Å². The quantitative estimate of drug-likeness (QED) is 0.312. The van der Waals surface area contributed by atoms with E-state index in [1.165, 1.54) is 18.5 Å². The third kappa shape index (κ3) is 6.85. The largest absolute Gasteiger partial charge is 0.483 e. The first-order valence-corrected chi connectivity index (χ1v) is 15.0. The van der Waals surface area contributed by atoms with E-state index in [9.17, 15) is 23.9 Å². The topological polar surface area (TPSA) is 160 Å². The van der Waals surface area contributed by atoms with Crippen molar-refractivity contribution >= 4 is 23.2 Å².